The Balaban J connectivity index is 1.05. The first-order valence-electron chi connectivity index (χ1n) is 25.5. The summed E-state index contributed by atoms with van der Waals surface area (Å²) in [5.41, 5.74) is 12.4. The van der Waals surface area contributed by atoms with Crippen molar-refractivity contribution in [3.63, 3.8) is 0 Å². The van der Waals surface area contributed by atoms with Crippen molar-refractivity contribution < 1.29 is 58.3 Å². The third-order valence-corrected chi connectivity index (χ3v) is 13.7. The van der Waals surface area contributed by atoms with Crippen LogP contribution in [0.2, 0.25) is 0 Å². The minimum absolute atomic E-state index is 0.0155. The van der Waals surface area contributed by atoms with E-state index in [0.717, 1.165) is 33.4 Å². The monoisotopic (exact) mass is 1040 g/mol. The maximum atomic E-state index is 13.5. The zero-order valence-corrected chi connectivity index (χ0v) is 45.2. The molecule has 0 saturated carbocycles. The molecule has 0 radical (unpaired) electrons. The number of ketones is 3. The highest BCUT2D eigenvalue weighted by atomic mass is 16.6. The number of aliphatic hydroxyl groups excluding tert-OH is 2. The van der Waals surface area contributed by atoms with Gasteiger partial charge in [0.15, 0.2) is 41.5 Å². The van der Waals surface area contributed by atoms with Crippen LogP contribution in [0.5, 0.6) is 0 Å². The molecule has 5 rings (SSSR count). The highest BCUT2D eigenvalue weighted by Gasteiger charge is 2.45. The van der Waals surface area contributed by atoms with E-state index in [4.69, 9.17) is 25.1 Å². The molecule has 406 valence electrons. The van der Waals surface area contributed by atoms with Crippen LogP contribution in [0.1, 0.15) is 127 Å². The first-order chi connectivity index (χ1) is 35.8. The minimum atomic E-state index is -1.32. The number of carboxylic acid groups (broad SMARTS) is 1. The molecule has 0 aromatic carbocycles. The maximum Gasteiger partial charge on any atom is 0.307 e. The maximum absolute atomic E-state index is 13.5. The standard InChI is InChI=1S/C59H73N5O12/c1-35(15-11-12-16-36(2)18-14-20-38(4)22-26-43-40(6)52(71)46(32-59(43,9)10)75-49(69)30-28-47(66)67)17-13-19-37(3)21-25-42-39(5)51(70)45(31-58(42,7)8)74-48(68)29-24-41(65)23-27-44-53(72)54(73)57(76-44)64-34-63-50-55(60)61-33-62-56(50)64/h11-22,25-26,33-34,44-46,53-54,57,72-73H,23-24,27-32H2,1-10H3,(H,66,67)(H2,60,61,62)/b12-11+,17-13+,18-14+,25-21+,26-22+,35-15+,36-16+,37-19+,38-20+. The number of hydrogen-bond acceptors (Lipinski definition) is 15. The predicted octanol–water partition coefficient (Wildman–Crippen LogP) is 9.04. The number of esters is 2. The SMILES string of the molecule is CC1=C(/C=C/C(C)=C/C=C/C(C)=C/C=C/C=C(C)/C=C/C=C(C)/C=C/C2=C(C)C(=O)C(OC(=O)CCC(=O)CCC3OC(n4cnc5c(N)ncnc54)C(O)C3O)CC2(C)C)C(C)(C)CC(OC(=O)CCC(=O)O)C1=O. The highest BCUT2D eigenvalue weighted by molar-refractivity contribution is 6.02. The summed E-state index contributed by atoms with van der Waals surface area (Å²) in [6.07, 6.45) is 23.5. The van der Waals surface area contributed by atoms with Gasteiger partial charge in [-0.3, -0.25) is 33.3 Å². The number of rotatable bonds is 22. The van der Waals surface area contributed by atoms with E-state index in [2.05, 4.69) is 15.0 Å². The van der Waals surface area contributed by atoms with Crippen molar-refractivity contribution in [2.75, 3.05) is 5.73 Å². The molecule has 6 unspecified atom stereocenters. The smallest absolute Gasteiger partial charge is 0.307 e. The lowest BCUT2D eigenvalue weighted by Crippen LogP contribution is -2.39. The first-order valence-corrected chi connectivity index (χ1v) is 25.5. The van der Waals surface area contributed by atoms with Crippen LogP contribution in [0.3, 0.4) is 0 Å². The number of fused-ring (bicyclic) bond motifs is 1. The second kappa shape index (κ2) is 26.5. The number of carbonyl (C=O) groups excluding carboxylic acids is 5. The van der Waals surface area contributed by atoms with Gasteiger partial charge in [-0.05, 0) is 81.1 Å². The molecule has 17 nitrogen and oxygen atoms in total. The summed E-state index contributed by atoms with van der Waals surface area (Å²) >= 11 is 0. The third kappa shape index (κ3) is 16.2. The van der Waals surface area contributed by atoms with Crippen molar-refractivity contribution in [1.29, 1.82) is 0 Å². The quantitative estimate of drug-likeness (QED) is 0.0633. The molecule has 0 amide bonds. The van der Waals surface area contributed by atoms with Crippen LogP contribution >= 0.6 is 0 Å². The van der Waals surface area contributed by atoms with Crippen LogP contribution in [0.25, 0.3) is 11.2 Å². The van der Waals surface area contributed by atoms with E-state index in [1.54, 1.807) is 13.8 Å². The van der Waals surface area contributed by atoms with Crippen molar-refractivity contribution in [3.05, 3.63) is 142 Å². The molecule has 6 atom stereocenters. The van der Waals surface area contributed by atoms with E-state index in [9.17, 15) is 39.0 Å². The van der Waals surface area contributed by atoms with Crippen LogP contribution in [-0.4, -0.2) is 101 Å². The molecule has 3 heterocycles. The summed E-state index contributed by atoms with van der Waals surface area (Å²) < 4.78 is 18.4. The molecule has 1 saturated heterocycles. The fourth-order valence-corrected chi connectivity index (χ4v) is 9.33. The fraction of sp³-hybridized carbons (Fsp3) is 0.441. The van der Waals surface area contributed by atoms with Gasteiger partial charge in [0.2, 0.25) is 0 Å². The Hall–Kier alpha value is -7.21. The van der Waals surface area contributed by atoms with Gasteiger partial charge in [0, 0.05) is 25.7 Å². The average Bonchev–Trinajstić information content (AvgIpc) is 3.91. The summed E-state index contributed by atoms with van der Waals surface area (Å²) in [5, 5.41) is 30.3. The predicted molar refractivity (Wildman–Crippen MR) is 289 cm³/mol. The molecule has 5 N–H and O–H groups in total. The van der Waals surface area contributed by atoms with Gasteiger partial charge in [-0.15, -0.1) is 0 Å². The molecule has 2 aromatic rings. The summed E-state index contributed by atoms with van der Waals surface area (Å²) in [6.45, 7) is 19.4. The number of carboxylic acids is 1. The lowest BCUT2D eigenvalue weighted by atomic mass is 9.71. The summed E-state index contributed by atoms with van der Waals surface area (Å²) in [7, 11) is 0. The van der Waals surface area contributed by atoms with Gasteiger partial charge >= 0.3 is 17.9 Å². The topological polar surface area (TPSA) is 260 Å². The number of anilines is 1. The van der Waals surface area contributed by atoms with Gasteiger partial charge in [-0.2, -0.15) is 0 Å². The van der Waals surface area contributed by atoms with E-state index in [1.165, 1.54) is 17.2 Å². The number of nitrogens with two attached hydrogens (primary N) is 1. The molecular formula is C59H73N5O12. The normalized spacial score (nSPS) is 23.9. The lowest BCUT2D eigenvalue weighted by Gasteiger charge is -2.36. The number of nitrogen functional groups attached to an aromatic ring is 1. The highest BCUT2D eigenvalue weighted by Crippen LogP contribution is 2.42. The van der Waals surface area contributed by atoms with Crippen LogP contribution in [-0.2, 0) is 43.0 Å². The largest absolute Gasteiger partial charge is 0.481 e. The van der Waals surface area contributed by atoms with Gasteiger partial charge in [0.25, 0.3) is 0 Å². The van der Waals surface area contributed by atoms with Gasteiger partial charge in [0.05, 0.1) is 31.7 Å². The second-order valence-electron chi connectivity index (χ2n) is 21.0. The Morgan fingerprint density at radius 2 is 1.16 bits per heavy atom. The number of allylic oxidation sites excluding steroid dienone is 20. The molecule has 0 spiro atoms. The number of aliphatic hydroxyl groups is 2. The molecule has 76 heavy (non-hydrogen) atoms. The average molecular weight is 1040 g/mol. The van der Waals surface area contributed by atoms with Crippen LogP contribution in [0.15, 0.2) is 142 Å². The number of Topliss-reactive ketones (excluding diaryl/α,β-unsaturated/α-hetero) is 3. The molecule has 17 heteroatoms. The lowest BCUT2D eigenvalue weighted by molar-refractivity contribution is -0.157. The van der Waals surface area contributed by atoms with Crippen LogP contribution < -0.4 is 5.73 Å². The zero-order chi connectivity index (χ0) is 56.1. The summed E-state index contributed by atoms with van der Waals surface area (Å²) in [4.78, 5) is 87.5. The van der Waals surface area contributed by atoms with E-state index >= 15 is 0 Å². The van der Waals surface area contributed by atoms with E-state index in [0.29, 0.717) is 28.7 Å². The van der Waals surface area contributed by atoms with Crippen LogP contribution in [0, 0.1) is 10.8 Å². The molecule has 3 aliphatic rings. The van der Waals surface area contributed by atoms with Crippen molar-refractivity contribution in [2.45, 2.75) is 157 Å². The van der Waals surface area contributed by atoms with Crippen molar-refractivity contribution in [2.24, 2.45) is 10.8 Å². The Kier molecular flexibility index (Phi) is 20.8. The van der Waals surface area contributed by atoms with Gasteiger partial charge in [0.1, 0.15) is 29.8 Å². The Morgan fingerprint density at radius 1 is 0.684 bits per heavy atom. The van der Waals surface area contributed by atoms with Crippen molar-refractivity contribution >= 4 is 52.2 Å². The Bertz CT molecular complexity index is 2920. The second-order valence-corrected chi connectivity index (χ2v) is 21.0. The van der Waals surface area contributed by atoms with Crippen molar-refractivity contribution in [1.82, 2.24) is 19.5 Å². The fourth-order valence-electron chi connectivity index (χ4n) is 9.33. The van der Waals surface area contributed by atoms with Gasteiger partial charge in [-0.1, -0.05) is 135 Å². The number of aromatic nitrogens is 4. The van der Waals surface area contributed by atoms with Crippen LogP contribution in [0.4, 0.5) is 5.82 Å². The molecule has 2 aromatic heterocycles. The number of ether oxygens (including phenoxy) is 3. The molecule has 0 bridgehead atoms. The number of nitrogens with zero attached hydrogens (tertiary/aromatic N) is 4. The van der Waals surface area contributed by atoms with Gasteiger partial charge < -0.3 is 35.3 Å². The minimum Gasteiger partial charge on any atom is -0.481 e. The van der Waals surface area contributed by atoms with Crippen molar-refractivity contribution in [3.8, 4) is 0 Å². The summed E-state index contributed by atoms with van der Waals surface area (Å²) in [6, 6.07) is 0. The molecule has 2 aliphatic carbocycles. The third-order valence-electron chi connectivity index (χ3n) is 13.7. The van der Waals surface area contributed by atoms with E-state index in [1.807, 2.05) is 140 Å². The Labute approximate surface area is 444 Å². The van der Waals surface area contributed by atoms with Gasteiger partial charge in [-0.25, -0.2) is 15.0 Å². The Morgan fingerprint density at radius 3 is 1.66 bits per heavy atom. The van der Waals surface area contributed by atoms with E-state index < -0.39 is 65.5 Å². The molecule has 1 aliphatic heterocycles. The molecular weight excluding hydrogens is 971 g/mol. The zero-order valence-electron chi connectivity index (χ0n) is 45.2. The number of aliphatic carboxylic acids is 1. The number of imidazole rings is 1. The number of carbonyl (C=O) groups is 6. The molecule has 1 fully saturated rings. The number of hydrogen-bond donors (Lipinski definition) is 4. The van der Waals surface area contributed by atoms with E-state index in [-0.39, 0.29) is 68.1 Å². The summed E-state index contributed by atoms with van der Waals surface area (Å²) in [5.74, 6) is -3.10. The first kappa shape index (κ1) is 59.7.